The Hall–Kier alpha value is -1.52. The largest absolute Gasteiger partial charge is 0.352 e. The van der Waals surface area contributed by atoms with E-state index in [1.54, 1.807) is 6.20 Å². The zero-order chi connectivity index (χ0) is 17.9. The minimum atomic E-state index is -2.54. The maximum Gasteiger partial charge on any atom is 0.255 e. The van der Waals surface area contributed by atoms with Gasteiger partial charge in [0.1, 0.15) is 5.82 Å². The molecule has 2 saturated heterocycles. The number of aryl methyl sites for hydroxylation is 1. The first kappa shape index (κ1) is 16.9. The highest BCUT2D eigenvalue weighted by Gasteiger charge is 2.72. The zero-order valence-electron chi connectivity index (χ0n) is 14.1. The third kappa shape index (κ3) is 2.58. The number of likely N-dealkylation sites (tertiary alicyclic amines) is 1. The summed E-state index contributed by atoms with van der Waals surface area (Å²) in [7, 11) is 0. The molecule has 134 valence electrons. The van der Waals surface area contributed by atoms with Gasteiger partial charge < -0.3 is 4.90 Å². The van der Waals surface area contributed by atoms with E-state index in [-0.39, 0.29) is 17.2 Å². The van der Waals surface area contributed by atoms with E-state index in [1.165, 1.54) is 0 Å². The molecule has 0 amide bonds. The predicted molar refractivity (Wildman–Crippen MR) is 89.8 cm³/mol. The SMILES string of the molecule is Cc1cnc(Cl)nc1N1CC(CC#N)(N2CCCC3(C2)CC3(F)F)C1. The Kier molecular flexibility index (Phi) is 3.71. The van der Waals surface area contributed by atoms with Gasteiger partial charge in [-0.25, -0.2) is 18.7 Å². The molecule has 0 aromatic carbocycles. The average Bonchev–Trinajstić information content (AvgIpc) is 3.04. The molecule has 1 aromatic heterocycles. The normalized spacial score (nSPS) is 30.0. The number of piperidine rings is 1. The van der Waals surface area contributed by atoms with Gasteiger partial charge in [0.15, 0.2) is 0 Å². The van der Waals surface area contributed by atoms with Crippen molar-refractivity contribution in [1.29, 1.82) is 5.26 Å². The van der Waals surface area contributed by atoms with E-state index in [2.05, 4.69) is 25.8 Å². The Morgan fingerprint density at radius 1 is 1.36 bits per heavy atom. The number of nitrogens with zero attached hydrogens (tertiary/aromatic N) is 5. The first-order valence-corrected chi connectivity index (χ1v) is 8.93. The number of aromatic nitrogens is 2. The Bertz CT molecular complexity index is 743. The highest BCUT2D eigenvalue weighted by atomic mass is 35.5. The number of hydrogen-bond acceptors (Lipinski definition) is 5. The predicted octanol–water partition coefficient (Wildman–Crippen LogP) is 3.03. The van der Waals surface area contributed by atoms with Crippen LogP contribution in [-0.2, 0) is 0 Å². The monoisotopic (exact) mass is 367 g/mol. The summed E-state index contributed by atoms with van der Waals surface area (Å²) in [6.45, 7) is 4.29. The van der Waals surface area contributed by atoms with Crippen molar-refractivity contribution in [3.8, 4) is 6.07 Å². The molecule has 1 saturated carbocycles. The van der Waals surface area contributed by atoms with Crippen molar-refractivity contribution in [3.05, 3.63) is 17.0 Å². The molecule has 0 radical (unpaired) electrons. The smallest absolute Gasteiger partial charge is 0.255 e. The molecule has 1 aromatic rings. The van der Waals surface area contributed by atoms with Gasteiger partial charge in [-0.15, -0.1) is 0 Å². The van der Waals surface area contributed by atoms with Crippen LogP contribution in [0, 0.1) is 23.7 Å². The number of anilines is 1. The lowest BCUT2D eigenvalue weighted by Crippen LogP contribution is -2.72. The molecule has 3 heterocycles. The molecule has 0 N–H and O–H groups in total. The van der Waals surface area contributed by atoms with Gasteiger partial charge >= 0.3 is 0 Å². The van der Waals surface area contributed by atoms with Gasteiger partial charge in [0.05, 0.1) is 23.4 Å². The van der Waals surface area contributed by atoms with Crippen LogP contribution in [0.25, 0.3) is 0 Å². The van der Waals surface area contributed by atoms with Gasteiger partial charge in [-0.2, -0.15) is 5.26 Å². The molecule has 1 spiro atoms. The van der Waals surface area contributed by atoms with Crippen LogP contribution >= 0.6 is 11.6 Å². The Labute approximate surface area is 150 Å². The molecule has 1 atom stereocenters. The number of nitriles is 1. The maximum atomic E-state index is 13.8. The summed E-state index contributed by atoms with van der Waals surface area (Å²) in [6, 6.07) is 2.26. The molecule has 1 aliphatic carbocycles. The molecule has 1 unspecified atom stereocenters. The second kappa shape index (κ2) is 5.49. The van der Waals surface area contributed by atoms with Gasteiger partial charge in [0.25, 0.3) is 5.92 Å². The second-order valence-electron chi connectivity index (χ2n) is 7.75. The molecule has 8 heteroatoms. The second-order valence-corrected chi connectivity index (χ2v) is 8.09. The third-order valence-corrected chi connectivity index (χ3v) is 6.23. The molecule has 5 nitrogen and oxygen atoms in total. The van der Waals surface area contributed by atoms with Crippen molar-refractivity contribution in [3.63, 3.8) is 0 Å². The summed E-state index contributed by atoms with van der Waals surface area (Å²) in [5, 5.41) is 9.50. The fourth-order valence-corrected chi connectivity index (χ4v) is 4.61. The summed E-state index contributed by atoms with van der Waals surface area (Å²) in [6.07, 6.45) is 3.35. The van der Waals surface area contributed by atoms with Crippen LogP contribution in [0.3, 0.4) is 0 Å². The quantitative estimate of drug-likeness (QED) is 0.768. The first-order chi connectivity index (χ1) is 11.8. The minimum Gasteiger partial charge on any atom is -0.352 e. The van der Waals surface area contributed by atoms with Gasteiger partial charge in [-0.05, 0) is 37.9 Å². The Morgan fingerprint density at radius 2 is 2.08 bits per heavy atom. The summed E-state index contributed by atoms with van der Waals surface area (Å²) < 4.78 is 27.7. The number of rotatable bonds is 3. The van der Waals surface area contributed by atoms with Crippen molar-refractivity contribution in [2.45, 2.75) is 44.1 Å². The molecule has 2 aliphatic heterocycles. The Morgan fingerprint density at radius 3 is 2.72 bits per heavy atom. The lowest BCUT2D eigenvalue weighted by molar-refractivity contribution is -0.0259. The van der Waals surface area contributed by atoms with Crippen LogP contribution in [0.2, 0.25) is 5.28 Å². The minimum absolute atomic E-state index is 0.0104. The van der Waals surface area contributed by atoms with E-state index < -0.39 is 11.3 Å². The van der Waals surface area contributed by atoms with Crippen molar-refractivity contribution >= 4 is 17.4 Å². The van der Waals surface area contributed by atoms with Gasteiger partial charge in [-0.1, -0.05) is 0 Å². The van der Waals surface area contributed by atoms with Crippen molar-refractivity contribution < 1.29 is 8.78 Å². The van der Waals surface area contributed by atoms with Crippen molar-refractivity contribution in [2.75, 3.05) is 31.1 Å². The highest BCUT2D eigenvalue weighted by Crippen LogP contribution is 2.65. The molecule has 3 aliphatic rings. The van der Waals surface area contributed by atoms with E-state index in [9.17, 15) is 14.0 Å². The lowest BCUT2D eigenvalue weighted by Gasteiger charge is -2.57. The summed E-state index contributed by atoms with van der Waals surface area (Å²) >= 11 is 5.90. The van der Waals surface area contributed by atoms with Crippen LogP contribution in [0.15, 0.2) is 6.20 Å². The lowest BCUT2D eigenvalue weighted by atomic mass is 9.80. The van der Waals surface area contributed by atoms with Gasteiger partial charge in [0.2, 0.25) is 5.28 Å². The van der Waals surface area contributed by atoms with E-state index in [4.69, 9.17) is 11.6 Å². The van der Waals surface area contributed by atoms with Crippen LogP contribution in [0.1, 0.15) is 31.2 Å². The number of hydrogen-bond donors (Lipinski definition) is 0. The van der Waals surface area contributed by atoms with Gasteiger partial charge in [-0.3, -0.25) is 4.90 Å². The van der Waals surface area contributed by atoms with Crippen LogP contribution in [-0.4, -0.2) is 52.5 Å². The summed E-state index contributed by atoms with van der Waals surface area (Å²) in [5.74, 6) is -1.78. The molecular weight excluding hydrogens is 348 g/mol. The summed E-state index contributed by atoms with van der Waals surface area (Å²) in [4.78, 5) is 12.5. The first-order valence-electron chi connectivity index (χ1n) is 8.55. The Balaban J connectivity index is 1.53. The molecule has 3 fully saturated rings. The molecule has 0 bridgehead atoms. The van der Waals surface area contributed by atoms with Crippen LogP contribution in [0.5, 0.6) is 0 Å². The molecular formula is C17H20ClF2N5. The van der Waals surface area contributed by atoms with Gasteiger partial charge in [0, 0.05) is 37.8 Å². The fraction of sp³-hybridized carbons (Fsp3) is 0.706. The zero-order valence-corrected chi connectivity index (χ0v) is 14.9. The van der Waals surface area contributed by atoms with E-state index in [1.807, 2.05) is 6.92 Å². The molecule has 4 rings (SSSR count). The molecule has 25 heavy (non-hydrogen) atoms. The standard InChI is InChI=1S/C17H20ClF2N5/c1-12-7-22-14(18)23-13(12)24-10-16(11-24,4-5-21)25-6-2-3-15(9-25)8-17(15,19)20/h7H,2-4,6,8-11H2,1H3. The fourth-order valence-electron chi connectivity index (χ4n) is 4.48. The van der Waals surface area contributed by atoms with Crippen molar-refractivity contribution in [2.24, 2.45) is 5.41 Å². The van der Waals surface area contributed by atoms with Crippen LogP contribution in [0.4, 0.5) is 14.6 Å². The maximum absolute atomic E-state index is 13.8. The van der Waals surface area contributed by atoms with E-state index in [0.29, 0.717) is 32.5 Å². The average molecular weight is 368 g/mol. The third-order valence-electron chi connectivity index (χ3n) is 6.05. The van der Waals surface area contributed by atoms with E-state index in [0.717, 1.165) is 24.3 Å². The number of halogens is 3. The highest BCUT2D eigenvalue weighted by molar-refractivity contribution is 6.28. The van der Waals surface area contributed by atoms with Crippen molar-refractivity contribution in [1.82, 2.24) is 14.9 Å². The van der Waals surface area contributed by atoms with Crippen LogP contribution < -0.4 is 4.90 Å². The topological polar surface area (TPSA) is 56.1 Å². The number of alkyl halides is 2. The van der Waals surface area contributed by atoms with E-state index >= 15 is 0 Å². The summed E-state index contributed by atoms with van der Waals surface area (Å²) in [5.41, 5.74) is -0.314.